The molecule has 0 aromatic heterocycles. The Labute approximate surface area is 120 Å². The van der Waals surface area contributed by atoms with E-state index in [4.69, 9.17) is 10.5 Å². The molecule has 1 aromatic carbocycles. The van der Waals surface area contributed by atoms with Gasteiger partial charge in [-0.05, 0) is 53.4 Å². The normalized spacial score (nSPS) is 29.8. The number of halogens is 1. The zero-order valence-electron chi connectivity index (χ0n) is 10.2. The fourth-order valence-electron chi connectivity index (χ4n) is 2.70. The van der Waals surface area contributed by atoms with Gasteiger partial charge in [0, 0.05) is 10.2 Å². The first-order valence-corrected chi connectivity index (χ1v) is 8.46. The van der Waals surface area contributed by atoms with Crippen LogP contribution in [0.25, 0.3) is 0 Å². The van der Waals surface area contributed by atoms with E-state index in [-0.39, 0.29) is 23.1 Å². The zero-order valence-corrected chi connectivity index (χ0v) is 12.6. The van der Waals surface area contributed by atoms with Crippen molar-refractivity contribution in [2.45, 2.75) is 42.4 Å². The molecule has 3 atom stereocenters. The van der Waals surface area contributed by atoms with E-state index in [1.54, 1.807) is 6.07 Å². The van der Waals surface area contributed by atoms with Gasteiger partial charge in [-0.1, -0.05) is 0 Å². The molecule has 2 fully saturated rings. The molecule has 0 saturated carbocycles. The lowest BCUT2D eigenvalue weighted by Gasteiger charge is -2.20. The van der Waals surface area contributed by atoms with Crippen LogP contribution in [0.4, 0.5) is 5.69 Å². The monoisotopic (exact) mass is 346 g/mol. The topological polar surface area (TPSA) is 81.4 Å². The second-order valence-corrected chi connectivity index (χ2v) is 7.59. The largest absolute Gasteiger partial charge is 0.398 e. The molecule has 0 radical (unpaired) electrons. The molecule has 3 unspecified atom stereocenters. The molecule has 0 aliphatic carbocycles. The Morgan fingerprint density at radius 2 is 2.16 bits per heavy atom. The van der Waals surface area contributed by atoms with E-state index in [0.717, 1.165) is 19.3 Å². The van der Waals surface area contributed by atoms with Crippen LogP contribution in [-0.4, -0.2) is 26.7 Å². The van der Waals surface area contributed by atoms with Crippen molar-refractivity contribution >= 4 is 31.6 Å². The standard InChI is InChI=1S/C12H15BrN2O3S/c13-9-6-8(2-3-10(9)14)19(16,17)15-11-5-7-1-4-12(11)18-7/h2-3,6-7,11-12,15H,1,4-5,14H2. The van der Waals surface area contributed by atoms with Crippen LogP contribution in [0, 0.1) is 0 Å². The first kappa shape index (κ1) is 13.4. The Balaban J connectivity index is 1.80. The second kappa shape index (κ2) is 4.73. The number of ether oxygens (including phenoxy) is 1. The van der Waals surface area contributed by atoms with Crippen molar-refractivity contribution in [2.24, 2.45) is 0 Å². The molecule has 3 rings (SSSR count). The minimum atomic E-state index is -3.52. The lowest BCUT2D eigenvalue weighted by Crippen LogP contribution is -2.41. The molecule has 7 heteroatoms. The van der Waals surface area contributed by atoms with Crippen LogP contribution in [0.1, 0.15) is 19.3 Å². The molecular formula is C12H15BrN2O3S. The highest BCUT2D eigenvalue weighted by molar-refractivity contribution is 9.10. The first-order chi connectivity index (χ1) is 8.95. The van der Waals surface area contributed by atoms with Crippen molar-refractivity contribution in [1.82, 2.24) is 4.72 Å². The summed E-state index contributed by atoms with van der Waals surface area (Å²) in [4.78, 5) is 0.219. The molecule has 0 spiro atoms. The number of rotatable bonds is 3. The van der Waals surface area contributed by atoms with E-state index in [1.165, 1.54) is 12.1 Å². The van der Waals surface area contributed by atoms with Crippen LogP contribution in [0.2, 0.25) is 0 Å². The summed E-state index contributed by atoms with van der Waals surface area (Å²) in [5, 5.41) is 0. The van der Waals surface area contributed by atoms with Gasteiger partial charge in [0.15, 0.2) is 0 Å². The van der Waals surface area contributed by atoms with E-state index in [9.17, 15) is 8.42 Å². The Morgan fingerprint density at radius 1 is 1.37 bits per heavy atom. The lowest BCUT2D eigenvalue weighted by molar-refractivity contribution is 0.0996. The van der Waals surface area contributed by atoms with Crippen molar-refractivity contribution in [1.29, 1.82) is 0 Å². The molecule has 19 heavy (non-hydrogen) atoms. The summed E-state index contributed by atoms with van der Waals surface area (Å²) < 4.78 is 33.6. The van der Waals surface area contributed by atoms with E-state index in [0.29, 0.717) is 10.2 Å². The maximum absolute atomic E-state index is 12.3. The number of nitrogens with one attached hydrogen (secondary N) is 1. The van der Waals surface area contributed by atoms with Gasteiger partial charge in [0.05, 0.1) is 23.1 Å². The maximum atomic E-state index is 12.3. The van der Waals surface area contributed by atoms with Crippen molar-refractivity contribution < 1.29 is 13.2 Å². The molecule has 2 heterocycles. The van der Waals surface area contributed by atoms with Crippen LogP contribution in [0.15, 0.2) is 27.6 Å². The Kier molecular flexibility index (Phi) is 3.33. The highest BCUT2D eigenvalue weighted by atomic mass is 79.9. The van der Waals surface area contributed by atoms with Crippen molar-refractivity contribution in [2.75, 3.05) is 5.73 Å². The molecule has 2 bridgehead atoms. The fourth-order valence-corrected chi connectivity index (χ4v) is 4.54. The third kappa shape index (κ3) is 2.52. The number of sulfonamides is 1. The molecule has 2 aliphatic rings. The number of hydrogen-bond acceptors (Lipinski definition) is 4. The van der Waals surface area contributed by atoms with Gasteiger partial charge < -0.3 is 10.5 Å². The van der Waals surface area contributed by atoms with E-state index >= 15 is 0 Å². The summed E-state index contributed by atoms with van der Waals surface area (Å²) >= 11 is 3.24. The van der Waals surface area contributed by atoms with Gasteiger partial charge in [-0.2, -0.15) is 0 Å². The molecule has 2 aliphatic heterocycles. The van der Waals surface area contributed by atoms with Gasteiger partial charge in [0.2, 0.25) is 10.0 Å². The average Bonchev–Trinajstić information content (AvgIpc) is 2.94. The van der Waals surface area contributed by atoms with Gasteiger partial charge in [-0.25, -0.2) is 13.1 Å². The number of benzene rings is 1. The third-order valence-electron chi connectivity index (χ3n) is 3.69. The molecule has 1 aromatic rings. The predicted molar refractivity (Wildman–Crippen MR) is 75.2 cm³/mol. The van der Waals surface area contributed by atoms with Crippen molar-refractivity contribution in [3.8, 4) is 0 Å². The predicted octanol–water partition coefficient (Wildman–Crippen LogP) is 1.63. The van der Waals surface area contributed by atoms with Crippen LogP contribution in [-0.2, 0) is 14.8 Å². The van der Waals surface area contributed by atoms with Gasteiger partial charge in [0.1, 0.15) is 0 Å². The van der Waals surface area contributed by atoms with Crippen LogP contribution < -0.4 is 10.5 Å². The highest BCUT2D eigenvalue weighted by Crippen LogP contribution is 2.35. The highest BCUT2D eigenvalue weighted by Gasteiger charge is 2.42. The van der Waals surface area contributed by atoms with Gasteiger partial charge >= 0.3 is 0 Å². The summed E-state index contributed by atoms with van der Waals surface area (Å²) in [6.45, 7) is 0. The molecule has 3 N–H and O–H groups in total. The van der Waals surface area contributed by atoms with Crippen LogP contribution in [0.3, 0.4) is 0 Å². The van der Waals surface area contributed by atoms with Crippen molar-refractivity contribution in [3.05, 3.63) is 22.7 Å². The lowest BCUT2D eigenvalue weighted by atomic mass is 9.96. The molecule has 0 amide bonds. The SMILES string of the molecule is Nc1ccc(S(=O)(=O)NC2CC3CCC2O3)cc1Br. The van der Waals surface area contributed by atoms with E-state index in [1.807, 2.05) is 0 Å². The van der Waals surface area contributed by atoms with E-state index in [2.05, 4.69) is 20.7 Å². The number of fused-ring (bicyclic) bond motifs is 2. The van der Waals surface area contributed by atoms with Crippen molar-refractivity contribution in [3.63, 3.8) is 0 Å². The summed E-state index contributed by atoms with van der Waals surface area (Å²) in [5.41, 5.74) is 6.18. The molecular weight excluding hydrogens is 332 g/mol. The zero-order chi connectivity index (χ0) is 13.6. The number of hydrogen-bond donors (Lipinski definition) is 2. The molecule has 2 saturated heterocycles. The second-order valence-electron chi connectivity index (χ2n) is 5.02. The Morgan fingerprint density at radius 3 is 2.74 bits per heavy atom. The summed E-state index contributed by atoms with van der Waals surface area (Å²) in [6, 6.07) is 4.50. The minimum Gasteiger partial charge on any atom is -0.398 e. The smallest absolute Gasteiger partial charge is 0.240 e. The average molecular weight is 347 g/mol. The molecule has 5 nitrogen and oxygen atoms in total. The minimum absolute atomic E-state index is 0.0250. The van der Waals surface area contributed by atoms with Crippen LogP contribution in [0.5, 0.6) is 0 Å². The number of nitrogen functional groups attached to an aromatic ring is 1. The quantitative estimate of drug-likeness (QED) is 0.815. The molecule has 104 valence electrons. The third-order valence-corrected chi connectivity index (χ3v) is 5.87. The van der Waals surface area contributed by atoms with Gasteiger partial charge in [-0.3, -0.25) is 0 Å². The van der Waals surface area contributed by atoms with E-state index < -0.39 is 10.0 Å². The maximum Gasteiger partial charge on any atom is 0.240 e. The Hall–Kier alpha value is -0.630. The number of anilines is 1. The van der Waals surface area contributed by atoms with Gasteiger partial charge in [0.25, 0.3) is 0 Å². The Bertz CT molecular complexity index is 605. The summed E-state index contributed by atoms with van der Waals surface area (Å²) in [6.07, 6.45) is 2.98. The summed E-state index contributed by atoms with van der Waals surface area (Å²) in [7, 11) is -3.52. The summed E-state index contributed by atoms with van der Waals surface area (Å²) in [5.74, 6) is 0. The first-order valence-electron chi connectivity index (χ1n) is 6.18. The van der Waals surface area contributed by atoms with Gasteiger partial charge in [-0.15, -0.1) is 0 Å². The number of nitrogens with two attached hydrogens (primary N) is 1. The fraction of sp³-hybridized carbons (Fsp3) is 0.500. The van der Waals surface area contributed by atoms with Crippen LogP contribution >= 0.6 is 15.9 Å².